The molecular formula is C20H12ClFO. The van der Waals surface area contributed by atoms with E-state index in [2.05, 4.69) is 0 Å². The van der Waals surface area contributed by atoms with Gasteiger partial charge in [0.25, 0.3) is 0 Å². The van der Waals surface area contributed by atoms with Gasteiger partial charge in [0, 0.05) is 16.5 Å². The average Bonchev–Trinajstić information content (AvgIpc) is 2.58. The molecule has 0 saturated heterocycles. The molecule has 23 heavy (non-hydrogen) atoms. The second kappa shape index (κ2) is 5.25. The van der Waals surface area contributed by atoms with Crippen molar-refractivity contribution in [3.63, 3.8) is 0 Å². The van der Waals surface area contributed by atoms with Gasteiger partial charge in [-0.05, 0) is 28.3 Å². The van der Waals surface area contributed by atoms with E-state index >= 15 is 0 Å². The standard InChI is InChI=1S/C20H12ClFO/c21-17-7-3-6-15(19(17)22)16-11-10-13-9-8-12-4-1-2-5-14(12)18(13)20(16)23/h1-11,23H. The Morgan fingerprint density at radius 3 is 2.35 bits per heavy atom. The summed E-state index contributed by atoms with van der Waals surface area (Å²) >= 11 is 5.87. The highest BCUT2D eigenvalue weighted by atomic mass is 35.5. The molecule has 3 heteroatoms. The number of hydrogen-bond donors (Lipinski definition) is 1. The largest absolute Gasteiger partial charge is 0.507 e. The number of aromatic hydroxyl groups is 1. The van der Waals surface area contributed by atoms with Crippen molar-refractivity contribution in [3.8, 4) is 16.9 Å². The zero-order chi connectivity index (χ0) is 16.0. The molecule has 0 bridgehead atoms. The van der Waals surface area contributed by atoms with Crippen LogP contribution in [-0.4, -0.2) is 5.11 Å². The van der Waals surface area contributed by atoms with Gasteiger partial charge in [0.15, 0.2) is 0 Å². The van der Waals surface area contributed by atoms with E-state index in [1.54, 1.807) is 18.2 Å². The summed E-state index contributed by atoms with van der Waals surface area (Å²) in [6.07, 6.45) is 0. The van der Waals surface area contributed by atoms with Gasteiger partial charge in [-0.25, -0.2) is 4.39 Å². The number of benzene rings is 4. The smallest absolute Gasteiger partial charge is 0.149 e. The molecule has 0 aliphatic carbocycles. The monoisotopic (exact) mass is 322 g/mol. The quantitative estimate of drug-likeness (QED) is 0.416. The maximum absolute atomic E-state index is 14.3. The van der Waals surface area contributed by atoms with Crippen molar-refractivity contribution in [1.29, 1.82) is 0 Å². The van der Waals surface area contributed by atoms with Crippen molar-refractivity contribution in [2.24, 2.45) is 0 Å². The third-order valence-corrected chi connectivity index (χ3v) is 4.42. The maximum atomic E-state index is 14.3. The van der Waals surface area contributed by atoms with Crippen LogP contribution in [0.25, 0.3) is 32.7 Å². The Bertz CT molecular complexity index is 1060. The van der Waals surface area contributed by atoms with Crippen LogP contribution in [0.4, 0.5) is 4.39 Å². The molecule has 0 spiro atoms. The summed E-state index contributed by atoms with van der Waals surface area (Å²) in [7, 11) is 0. The third kappa shape index (κ3) is 2.14. The fourth-order valence-corrected chi connectivity index (χ4v) is 3.18. The third-order valence-electron chi connectivity index (χ3n) is 4.12. The van der Waals surface area contributed by atoms with E-state index < -0.39 is 5.82 Å². The number of hydrogen-bond acceptors (Lipinski definition) is 1. The summed E-state index contributed by atoms with van der Waals surface area (Å²) in [5.74, 6) is -0.454. The minimum Gasteiger partial charge on any atom is -0.507 e. The maximum Gasteiger partial charge on any atom is 0.149 e. The second-order valence-corrected chi connectivity index (χ2v) is 5.86. The molecule has 1 N–H and O–H groups in total. The van der Waals surface area contributed by atoms with Crippen LogP contribution in [-0.2, 0) is 0 Å². The van der Waals surface area contributed by atoms with Gasteiger partial charge in [-0.15, -0.1) is 0 Å². The number of rotatable bonds is 1. The Hall–Kier alpha value is -2.58. The molecule has 0 heterocycles. The van der Waals surface area contributed by atoms with Gasteiger partial charge in [-0.1, -0.05) is 66.2 Å². The summed E-state index contributed by atoms with van der Waals surface area (Å²) in [6, 6.07) is 20.2. The number of phenols is 1. The van der Waals surface area contributed by atoms with Gasteiger partial charge in [-0.3, -0.25) is 0 Å². The minimum atomic E-state index is -0.524. The lowest BCUT2D eigenvalue weighted by Crippen LogP contribution is -1.88. The molecule has 4 aromatic rings. The van der Waals surface area contributed by atoms with Crippen molar-refractivity contribution < 1.29 is 9.50 Å². The molecule has 112 valence electrons. The van der Waals surface area contributed by atoms with E-state index in [-0.39, 0.29) is 10.8 Å². The fraction of sp³-hybridized carbons (Fsp3) is 0. The summed E-state index contributed by atoms with van der Waals surface area (Å²) in [5, 5.41) is 14.4. The lowest BCUT2D eigenvalue weighted by atomic mass is 9.95. The van der Waals surface area contributed by atoms with E-state index in [1.807, 2.05) is 42.5 Å². The second-order valence-electron chi connectivity index (χ2n) is 5.45. The Morgan fingerprint density at radius 1 is 0.739 bits per heavy atom. The average molecular weight is 323 g/mol. The topological polar surface area (TPSA) is 20.2 Å². The predicted octanol–water partition coefficient (Wildman–Crippen LogP) is 6.16. The van der Waals surface area contributed by atoms with Crippen LogP contribution < -0.4 is 0 Å². The van der Waals surface area contributed by atoms with Crippen molar-refractivity contribution in [2.75, 3.05) is 0 Å². The zero-order valence-corrected chi connectivity index (χ0v) is 12.8. The fourth-order valence-electron chi connectivity index (χ4n) is 3.01. The van der Waals surface area contributed by atoms with E-state index in [4.69, 9.17) is 11.6 Å². The van der Waals surface area contributed by atoms with E-state index in [0.29, 0.717) is 11.1 Å². The normalized spacial score (nSPS) is 11.2. The van der Waals surface area contributed by atoms with Crippen LogP contribution in [0.1, 0.15) is 0 Å². The molecule has 0 amide bonds. The molecule has 0 fully saturated rings. The number of phenolic OH excluding ortho intramolecular Hbond substituents is 1. The van der Waals surface area contributed by atoms with Gasteiger partial charge in [0.2, 0.25) is 0 Å². The Labute approximate surface area is 137 Å². The van der Waals surface area contributed by atoms with E-state index in [0.717, 1.165) is 21.5 Å². The lowest BCUT2D eigenvalue weighted by molar-refractivity contribution is 0.483. The number of halogens is 2. The summed E-state index contributed by atoms with van der Waals surface area (Å²) < 4.78 is 14.3. The molecule has 0 radical (unpaired) electrons. The van der Waals surface area contributed by atoms with Crippen molar-refractivity contribution in [2.45, 2.75) is 0 Å². The highest BCUT2D eigenvalue weighted by molar-refractivity contribution is 6.31. The molecule has 0 atom stereocenters. The van der Waals surface area contributed by atoms with Crippen molar-refractivity contribution >= 4 is 33.1 Å². The lowest BCUT2D eigenvalue weighted by Gasteiger charge is -2.12. The van der Waals surface area contributed by atoms with Crippen LogP contribution in [0.5, 0.6) is 5.75 Å². The minimum absolute atomic E-state index is 0.0416. The Morgan fingerprint density at radius 2 is 1.48 bits per heavy atom. The molecule has 4 rings (SSSR count). The summed E-state index contributed by atoms with van der Waals surface area (Å²) in [6.45, 7) is 0. The first-order valence-corrected chi connectivity index (χ1v) is 7.62. The molecule has 0 aliphatic rings. The van der Waals surface area contributed by atoms with Gasteiger partial charge < -0.3 is 5.11 Å². The Balaban J connectivity index is 2.12. The molecule has 4 aromatic carbocycles. The van der Waals surface area contributed by atoms with Crippen LogP contribution in [0, 0.1) is 5.82 Å². The molecular weight excluding hydrogens is 311 g/mol. The van der Waals surface area contributed by atoms with Gasteiger partial charge in [-0.2, -0.15) is 0 Å². The van der Waals surface area contributed by atoms with Crippen molar-refractivity contribution in [3.05, 3.63) is 77.6 Å². The van der Waals surface area contributed by atoms with Crippen molar-refractivity contribution in [1.82, 2.24) is 0 Å². The molecule has 0 aliphatic heterocycles. The van der Waals surface area contributed by atoms with Crippen LogP contribution in [0.2, 0.25) is 5.02 Å². The number of fused-ring (bicyclic) bond motifs is 3. The highest BCUT2D eigenvalue weighted by Gasteiger charge is 2.15. The molecule has 0 saturated carbocycles. The molecule has 0 aromatic heterocycles. The van der Waals surface area contributed by atoms with Gasteiger partial charge >= 0.3 is 0 Å². The first-order chi connectivity index (χ1) is 11.2. The first kappa shape index (κ1) is 14.0. The SMILES string of the molecule is Oc1c(-c2cccc(Cl)c2F)ccc2ccc3ccccc3c12. The Kier molecular flexibility index (Phi) is 3.21. The van der Waals surface area contributed by atoms with Gasteiger partial charge in [0.1, 0.15) is 11.6 Å². The van der Waals surface area contributed by atoms with E-state index in [1.165, 1.54) is 6.07 Å². The van der Waals surface area contributed by atoms with Crippen LogP contribution in [0.3, 0.4) is 0 Å². The first-order valence-electron chi connectivity index (χ1n) is 7.24. The summed E-state index contributed by atoms with van der Waals surface area (Å²) in [5.41, 5.74) is 0.735. The van der Waals surface area contributed by atoms with E-state index in [9.17, 15) is 9.50 Å². The van der Waals surface area contributed by atoms with Crippen LogP contribution in [0.15, 0.2) is 66.7 Å². The zero-order valence-electron chi connectivity index (χ0n) is 12.1. The molecule has 1 nitrogen and oxygen atoms in total. The van der Waals surface area contributed by atoms with Gasteiger partial charge in [0.05, 0.1) is 5.02 Å². The molecule has 0 unspecified atom stereocenters. The summed E-state index contributed by atoms with van der Waals surface area (Å²) in [4.78, 5) is 0. The highest BCUT2D eigenvalue weighted by Crippen LogP contribution is 2.41. The van der Waals surface area contributed by atoms with Crippen LogP contribution >= 0.6 is 11.6 Å². The predicted molar refractivity (Wildman–Crippen MR) is 93.5 cm³/mol.